The van der Waals surface area contributed by atoms with E-state index in [0.29, 0.717) is 38.5 Å². The van der Waals surface area contributed by atoms with Crippen LogP contribution in [0.2, 0.25) is 0 Å². The van der Waals surface area contributed by atoms with E-state index < -0.39 is 101 Å². The molecular weight excluding hydrogens is 704 g/mol. The van der Waals surface area contributed by atoms with Crippen LogP contribution >= 0.6 is 0 Å². The van der Waals surface area contributed by atoms with E-state index in [-0.39, 0.29) is 54.9 Å². The van der Waals surface area contributed by atoms with Crippen molar-refractivity contribution >= 4 is 17.5 Å². The number of aliphatic hydroxyl groups is 6. The fourth-order valence-electron chi connectivity index (χ4n) is 12.9. The van der Waals surface area contributed by atoms with E-state index in [0.717, 1.165) is 5.57 Å². The molecule has 2 saturated heterocycles. The van der Waals surface area contributed by atoms with Gasteiger partial charge in [-0.1, -0.05) is 53.2 Å². The minimum absolute atomic E-state index is 0.0738. The molecule has 4 unspecified atom stereocenters. The molecule has 5 aliphatic carbocycles. The Morgan fingerprint density at radius 2 is 1.48 bits per heavy atom. The van der Waals surface area contributed by atoms with Gasteiger partial charge in [-0.3, -0.25) is 14.4 Å². The number of rotatable bonds is 6. The zero-order valence-corrected chi connectivity index (χ0v) is 32.3. The van der Waals surface area contributed by atoms with Crippen molar-refractivity contribution in [3.63, 3.8) is 0 Å². The molecule has 7 rings (SSSR count). The van der Waals surface area contributed by atoms with Crippen molar-refractivity contribution in [3.05, 3.63) is 11.6 Å². The summed E-state index contributed by atoms with van der Waals surface area (Å²) in [7, 11) is 0. The SMILES string of the molecule is CC1(C)CC[C@]2(C(=O)O)C(=O)C[C@]3(C)C(=CCC4[C@@]5(C)CC(=O)C(O[C@@H]6OC[C@@H](O)[C@H](O[C@@H]7OC[C@@H](O)[C@H](O)[C@H]7O)[C@H]6O)[C@@](C)(CO)C5CC[C@]43C)C2C1. The van der Waals surface area contributed by atoms with Crippen LogP contribution in [0.1, 0.15) is 92.9 Å². The van der Waals surface area contributed by atoms with Crippen LogP contribution in [0.3, 0.4) is 0 Å². The summed E-state index contributed by atoms with van der Waals surface area (Å²) in [6, 6.07) is 0. The first kappa shape index (κ1) is 40.4. The summed E-state index contributed by atoms with van der Waals surface area (Å²) in [6.45, 7) is 11.5. The Morgan fingerprint density at radius 3 is 2.13 bits per heavy atom. The van der Waals surface area contributed by atoms with Crippen molar-refractivity contribution in [2.45, 2.75) is 148 Å². The van der Waals surface area contributed by atoms with Gasteiger partial charge in [0.1, 0.15) is 48.1 Å². The third kappa shape index (κ3) is 5.59. The van der Waals surface area contributed by atoms with Crippen LogP contribution in [-0.4, -0.2) is 128 Å². The lowest BCUT2D eigenvalue weighted by Crippen LogP contribution is -2.69. The van der Waals surface area contributed by atoms with Gasteiger partial charge in [-0.2, -0.15) is 0 Å². The Labute approximate surface area is 316 Å². The third-order valence-corrected chi connectivity index (χ3v) is 16.1. The molecule has 304 valence electrons. The molecule has 0 radical (unpaired) electrons. The normalized spacial score (nSPS) is 53.0. The van der Waals surface area contributed by atoms with Gasteiger partial charge in [0.2, 0.25) is 0 Å². The Balaban J connectivity index is 1.16. The van der Waals surface area contributed by atoms with Gasteiger partial charge < -0.3 is 54.7 Å². The molecule has 2 aliphatic heterocycles. The van der Waals surface area contributed by atoms with Gasteiger partial charge in [0.05, 0.1) is 19.8 Å². The topological polar surface area (TPSA) is 230 Å². The minimum Gasteiger partial charge on any atom is -0.480 e. The molecule has 7 N–H and O–H groups in total. The average Bonchev–Trinajstić information content (AvgIpc) is 3.09. The van der Waals surface area contributed by atoms with Crippen LogP contribution in [0.5, 0.6) is 0 Å². The second-order valence-corrected chi connectivity index (χ2v) is 19.5. The highest BCUT2D eigenvalue weighted by molar-refractivity contribution is 6.05. The van der Waals surface area contributed by atoms with E-state index in [2.05, 4.69) is 40.7 Å². The highest BCUT2D eigenvalue weighted by Crippen LogP contribution is 2.75. The zero-order chi connectivity index (χ0) is 39.6. The van der Waals surface area contributed by atoms with Gasteiger partial charge in [-0.15, -0.1) is 0 Å². The number of Topliss-reactive ketones (excluding diaryl/α,β-unsaturated/α-hetero) is 2. The summed E-state index contributed by atoms with van der Waals surface area (Å²) in [5.74, 6) is -2.21. The summed E-state index contributed by atoms with van der Waals surface area (Å²) in [4.78, 5) is 41.8. The number of ketones is 2. The maximum Gasteiger partial charge on any atom is 0.317 e. The Kier molecular flexibility index (Phi) is 9.98. The first-order valence-corrected chi connectivity index (χ1v) is 19.7. The molecule has 4 saturated carbocycles. The largest absolute Gasteiger partial charge is 0.480 e. The fourth-order valence-corrected chi connectivity index (χ4v) is 12.9. The van der Waals surface area contributed by atoms with E-state index in [4.69, 9.17) is 18.9 Å². The number of carboxylic acids is 1. The van der Waals surface area contributed by atoms with Crippen molar-refractivity contribution in [3.8, 4) is 0 Å². The monoisotopic (exact) mass is 764 g/mol. The van der Waals surface area contributed by atoms with Crippen LogP contribution in [0.4, 0.5) is 0 Å². The van der Waals surface area contributed by atoms with Crippen LogP contribution in [0.15, 0.2) is 11.6 Å². The van der Waals surface area contributed by atoms with Crippen molar-refractivity contribution in [2.24, 2.45) is 50.2 Å². The number of fused-ring (bicyclic) bond motifs is 7. The summed E-state index contributed by atoms with van der Waals surface area (Å²) < 4.78 is 23.0. The Morgan fingerprint density at radius 1 is 0.833 bits per heavy atom. The average molecular weight is 765 g/mol. The maximum atomic E-state index is 14.5. The predicted octanol–water partition coefficient (Wildman–Crippen LogP) is 1.49. The first-order chi connectivity index (χ1) is 25.1. The lowest BCUT2D eigenvalue weighted by molar-refractivity contribution is -0.343. The molecule has 0 aromatic carbocycles. The van der Waals surface area contributed by atoms with Crippen molar-refractivity contribution in [1.29, 1.82) is 0 Å². The van der Waals surface area contributed by atoms with Gasteiger partial charge in [0.15, 0.2) is 24.1 Å². The standard InChI is InChI=1S/C40H60O14/c1-35(2)11-12-40(34(49)50)20(13-35)19-7-8-25-36(3)14-21(42)31(37(4,18-41)24(36)9-10-38(25,5)39(19,6)15-26(40)45)54-33-29(48)30(23(44)17-52-33)53-32-28(47)27(46)22(43)16-51-32/h7,20,22-25,27-33,41,43-44,46-48H,8-18H2,1-6H3,(H,49,50)/t20?,22-,23-,24?,25?,27+,28-,29-,30+,31?,32+,33+,36+,37+,38-,39-,40-/m1/s1. The molecule has 14 nitrogen and oxygen atoms in total. The zero-order valence-electron chi connectivity index (χ0n) is 32.3. The molecule has 0 bridgehead atoms. The number of allylic oxidation sites excluding steroid dienone is 2. The lowest BCUT2D eigenvalue weighted by Gasteiger charge is -2.70. The molecule has 0 aromatic rings. The molecular formula is C40H60O14. The van der Waals surface area contributed by atoms with Crippen molar-refractivity contribution in [1.82, 2.24) is 0 Å². The number of carbonyl (C=O) groups is 3. The van der Waals surface area contributed by atoms with Crippen LogP contribution in [0.25, 0.3) is 0 Å². The number of hydrogen-bond donors (Lipinski definition) is 7. The molecule has 54 heavy (non-hydrogen) atoms. The lowest BCUT2D eigenvalue weighted by atomic mass is 9.33. The second kappa shape index (κ2) is 13.4. The Hall–Kier alpha value is -1.85. The van der Waals surface area contributed by atoms with E-state index in [1.54, 1.807) is 0 Å². The number of aliphatic hydroxyl groups excluding tert-OH is 6. The molecule has 2 heterocycles. The summed E-state index contributed by atoms with van der Waals surface area (Å²) in [5, 5.41) is 74.2. The highest BCUT2D eigenvalue weighted by Gasteiger charge is 2.73. The van der Waals surface area contributed by atoms with Crippen LogP contribution in [0, 0.1) is 50.2 Å². The summed E-state index contributed by atoms with van der Waals surface area (Å²) >= 11 is 0. The quantitative estimate of drug-likeness (QED) is 0.116. The molecule has 14 heteroatoms. The van der Waals surface area contributed by atoms with Gasteiger partial charge in [-0.25, -0.2) is 0 Å². The fraction of sp³-hybridized carbons (Fsp3) is 0.875. The van der Waals surface area contributed by atoms with E-state index in [9.17, 15) is 50.1 Å². The van der Waals surface area contributed by atoms with E-state index in [1.807, 2.05) is 6.92 Å². The smallest absolute Gasteiger partial charge is 0.317 e. The molecule has 7 aliphatic rings. The van der Waals surface area contributed by atoms with Gasteiger partial charge in [0, 0.05) is 29.6 Å². The third-order valence-electron chi connectivity index (χ3n) is 16.1. The van der Waals surface area contributed by atoms with Gasteiger partial charge >= 0.3 is 5.97 Å². The highest BCUT2D eigenvalue weighted by atomic mass is 16.7. The second-order valence-electron chi connectivity index (χ2n) is 19.5. The molecule has 0 amide bonds. The van der Waals surface area contributed by atoms with Crippen molar-refractivity contribution in [2.75, 3.05) is 19.8 Å². The minimum atomic E-state index is -1.67. The maximum absolute atomic E-state index is 14.5. The van der Waals surface area contributed by atoms with E-state index in [1.165, 1.54) is 0 Å². The van der Waals surface area contributed by atoms with Gasteiger partial charge in [-0.05, 0) is 66.6 Å². The number of ether oxygens (including phenoxy) is 4. The van der Waals surface area contributed by atoms with Crippen molar-refractivity contribution < 1.29 is 69.1 Å². The van der Waals surface area contributed by atoms with Gasteiger partial charge in [0.25, 0.3) is 0 Å². The molecule has 0 aromatic heterocycles. The Bertz CT molecular complexity index is 1560. The summed E-state index contributed by atoms with van der Waals surface area (Å²) in [6.07, 6.45) is -7.27. The molecule has 6 fully saturated rings. The molecule has 17 atom stereocenters. The number of carbonyl (C=O) groups excluding carboxylic acids is 2. The number of aliphatic carboxylic acids is 1. The predicted molar refractivity (Wildman–Crippen MR) is 188 cm³/mol. The van der Waals surface area contributed by atoms with E-state index >= 15 is 0 Å². The van der Waals surface area contributed by atoms with Crippen LogP contribution < -0.4 is 0 Å². The van der Waals surface area contributed by atoms with Crippen LogP contribution in [-0.2, 0) is 33.3 Å². The first-order valence-electron chi connectivity index (χ1n) is 19.7. The number of carboxylic acid groups (broad SMARTS) is 1. The number of hydrogen-bond acceptors (Lipinski definition) is 13. The summed E-state index contributed by atoms with van der Waals surface area (Å²) in [5.41, 5.74) is -3.29. The molecule has 0 spiro atoms.